The third kappa shape index (κ3) is 6.88. The Bertz CT molecular complexity index is 852. The minimum atomic E-state index is -0.976. The number of carbonyl (C=O) groups is 2. The zero-order valence-electron chi connectivity index (χ0n) is 19.0. The summed E-state index contributed by atoms with van der Waals surface area (Å²) in [6.07, 6.45) is -0.275. The van der Waals surface area contributed by atoms with Gasteiger partial charge in [-0.25, -0.2) is 0 Å². The molecule has 3 unspecified atom stereocenters. The molecule has 0 aliphatic heterocycles. The summed E-state index contributed by atoms with van der Waals surface area (Å²) in [4.78, 5) is 25.3. The van der Waals surface area contributed by atoms with E-state index in [-0.39, 0.29) is 30.9 Å². The van der Waals surface area contributed by atoms with Crippen molar-refractivity contribution in [1.29, 1.82) is 0 Å². The molecular formula is C24H32N2O6. The van der Waals surface area contributed by atoms with Crippen molar-refractivity contribution in [3.63, 3.8) is 0 Å². The monoisotopic (exact) mass is 444 g/mol. The molecule has 0 aliphatic rings. The van der Waals surface area contributed by atoms with Crippen LogP contribution in [0.2, 0.25) is 0 Å². The summed E-state index contributed by atoms with van der Waals surface area (Å²) in [6, 6.07) is 13.2. The van der Waals surface area contributed by atoms with Crippen molar-refractivity contribution >= 4 is 11.8 Å². The van der Waals surface area contributed by atoms with Gasteiger partial charge in [-0.05, 0) is 30.2 Å². The van der Waals surface area contributed by atoms with Gasteiger partial charge in [0.05, 0.1) is 14.2 Å². The van der Waals surface area contributed by atoms with Crippen molar-refractivity contribution in [2.45, 2.75) is 32.4 Å². The van der Waals surface area contributed by atoms with Crippen LogP contribution in [-0.4, -0.2) is 56.4 Å². The van der Waals surface area contributed by atoms with Gasteiger partial charge in [0.15, 0.2) is 11.5 Å². The van der Waals surface area contributed by atoms with Crippen molar-refractivity contribution in [2.75, 3.05) is 27.4 Å². The van der Waals surface area contributed by atoms with E-state index in [1.807, 2.05) is 19.9 Å². The first kappa shape index (κ1) is 25.0. The van der Waals surface area contributed by atoms with E-state index in [4.69, 9.17) is 14.2 Å². The van der Waals surface area contributed by atoms with E-state index in [1.165, 1.54) is 14.2 Å². The Morgan fingerprint density at radius 1 is 1.00 bits per heavy atom. The molecule has 2 amide bonds. The topological polar surface area (TPSA) is 106 Å². The summed E-state index contributed by atoms with van der Waals surface area (Å²) in [5.41, 5.74) is 0.479. The minimum absolute atomic E-state index is 0.0373. The summed E-state index contributed by atoms with van der Waals surface area (Å²) in [7, 11) is 3.02. The lowest BCUT2D eigenvalue weighted by Crippen LogP contribution is -2.51. The molecule has 0 saturated carbocycles. The Morgan fingerprint density at radius 2 is 1.62 bits per heavy atom. The second kappa shape index (κ2) is 12.6. The Balaban J connectivity index is 1.94. The second-order valence-electron chi connectivity index (χ2n) is 7.40. The number of methoxy groups -OCH3 is 2. The number of rotatable bonds is 12. The van der Waals surface area contributed by atoms with Gasteiger partial charge in [0.1, 0.15) is 18.8 Å². The quantitative estimate of drug-likeness (QED) is 0.464. The lowest BCUT2D eigenvalue weighted by Gasteiger charge is -2.24. The number of hydrogen-bond acceptors (Lipinski definition) is 6. The molecule has 0 radical (unpaired) electrons. The number of para-hydroxylation sites is 1. The molecule has 0 fully saturated rings. The second-order valence-corrected chi connectivity index (χ2v) is 7.40. The molecule has 2 rings (SSSR count). The molecule has 0 aliphatic carbocycles. The van der Waals surface area contributed by atoms with E-state index < -0.39 is 12.1 Å². The Morgan fingerprint density at radius 3 is 2.19 bits per heavy atom. The van der Waals surface area contributed by atoms with Crippen LogP contribution in [0.1, 0.15) is 30.6 Å². The van der Waals surface area contributed by atoms with Crippen LogP contribution in [0.5, 0.6) is 17.2 Å². The Hall–Kier alpha value is -3.26. The molecule has 0 saturated heterocycles. The molecule has 32 heavy (non-hydrogen) atoms. The van der Waals surface area contributed by atoms with Gasteiger partial charge in [-0.1, -0.05) is 44.5 Å². The van der Waals surface area contributed by atoms with Gasteiger partial charge >= 0.3 is 0 Å². The SMILES string of the molecule is CCC(C)C(NC(=O)c1ccccc1)C(=O)NCC(O)COc1c(OC)cccc1OC. The lowest BCUT2D eigenvalue weighted by atomic mass is 9.97. The van der Waals surface area contributed by atoms with E-state index in [2.05, 4.69) is 10.6 Å². The van der Waals surface area contributed by atoms with Crippen molar-refractivity contribution in [1.82, 2.24) is 10.6 Å². The first-order valence-electron chi connectivity index (χ1n) is 10.6. The highest BCUT2D eigenvalue weighted by Gasteiger charge is 2.26. The average Bonchev–Trinajstić information content (AvgIpc) is 2.83. The van der Waals surface area contributed by atoms with Crippen molar-refractivity contribution < 1.29 is 28.9 Å². The van der Waals surface area contributed by atoms with Crippen molar-refractivity contribution in [2.24, 2.45) is 5.92 Å². The largest absolute Gasteiger partial charge is 0.493 e. The van der Waals surface area contributed by atoms with Crippen LogP contribution in [0.25, 0.3) is 0 Å². The van der Waals surface area contributed by atoms with Gasteiger partial charge in [-0.3, -0.25) is 9.59 Å². The van der Waals surface area contributed by atoms with E-state index in [9.17, 15) is 14.7 Å². The Labute approximate surface area is 188 Å². The highest BCUT2D eigenvalue weighted by molar-refractivity contribution is 5.97. The molecule has 8 heteroatoms. The number of amides is 2. The predicted octanol–water partition coefficient (Wildman–Crippen LogP) is 2.40. The summed E-state index contributed by atoms with van der Waals surface area (Å²) in [6.45, 7) is 3.72. The summed E-state index contributed by atoms with van der Waals surface area (Å²) in [5.74, 6) is 0.544. The number of aliphatic hydroxyl groups excluding tert-OH is 1. The van der Waals surface area contributed by atoms with Crippen LogP contribution >= 0.6 is 0 Å². The van der Waals surface area contributed by atoms with Gasteiger partial charge in [-0.15, -0.1) is 0 Å². The third-order valence-corrected chi connectivity index (χ3v) is 5.13. The molecule has 2 aromatic rings. The highest BCUT2D eigenvalue weighted by atomic mass is 16.5. The summed E-state index contributed by atoms with van der Waals surface area (Å²) < 4.78 is 16.2. The number of nitrogens with one attached hydrogen (secondary N) is 2. The maximum Gasteiger partial charge on any atom is 0.251 e. The number of hydrogen-bond donors (Lipinski definition) is 3. The first-order valence-corrected chi connectivity index (χ1v) is 10.6. The van der Waals surface area contributed by atoms with Crippen LogP contribution < -0.4 is 24.8 Å². The van der Waals surface area contributed by atoms with Gasteiger partial charge in [-0.2, -0.15) is 0 Å². The summed E-state index contributed by atoms with van der Waals surface area (Å²) >= 11 is 0. The van der Waals surface area contributed by atoms with E-state index in [0.29, 0.717) is 29.2 Å². The smallest absolute Gasteiger partial charge is 0.251 e. The zero-order chi connectivity index (χ0) is 23.5. The van der Waals surface area contributed by atoms with Crippen molar-refractivity contribution in [3.8, 4) is 17.2 Å². The summed E-state index contributed by atoms with van der Waals surface area (Å²) in [5, 5.41) is 15.8. The lowest BCUT2D eigenvalue weighted by molar-refractivity contribution is -0.124. The standard InChI is InChI=1S/C24H32N2O6/c1-5-16(2)21(26-23(28)17-10-7-6-8-11-17)24(29)25-14-18(27)15-32-22-19(30-3)12-9-13-20(22)31-4/h6-13,16,18,21,27H,5,14-15H2,1-4H3,(H,25,29)(H,26,28). The van der Waals surface area contributed by atoms with Crippen LogP contribution in [0.15, 0.2) is 48.5 Å². The Kier molecular flexibility index (Phi) is 9.81. The number of ether oxygens (including phenoxy) is 3. The molecule has 0 bridgehead atoms. The molecular weight excluding hydrogens is 412 g/mol. The molecule has 174 valence electrons. The first-order chi connectivity index (χ1) is 15.4. The highest BCUT2D eigenvalue weighted by Crippen LogP contribution is 2.36. The fourth-order valence-electron chi connectivity index (χ4n) is 3.04. The molecule has 3 N–H and O–H groups in total. The van der Waals surface area contributed by atoms with Crippen LogP contribution in [-0.2, 0) is 4.79 Å². The number of carbonyl (C=O) groups excluding carboxylic acids is 2. The minimum Gasteiger partial charge on any atom is -0.493 e. The molecule has 2 aromatic carbocycles. The fraction of sp³-hybridized carbons (Fsp3) is 0.417. The normalized spacial score (nSPS) is 13.4. The van der Waals surface area contributed by atoms with Crippen molar-refractivity contribution in [3.05, 3.63) is 54.1 Å². The molecule has 0 aromatic heterocycles. The van der Waals surface area contributed by atoms with Crippen LogP contribution in [0.3, 0.4) is 0 Å². The molecule has 0 heterocycles. The average molecular weight is 445 g/mol. The third-order valence-electron chi connectivity index (χ3n) is 5.13. The molecule has 0 spiro atoms. The number of aliphatic hydroxyl groups is 1. The fourth-order valence-corrected chi connectivity index (χ4v) is 3.04. The van der Waals surface area contributed by atoms with Crippen LogP contribution in [0.4, 0.5) is 0 Å². The van der Waals surface area contributed by atoms with Gasteiger partial charge in [0, 0.05) is 12.1 Å². The van der Waals surface area contributed by atoms with Crippen LogP contribution in [0, 0.1) is 5.92 Å². The maximum atomic E-state index is 12.8. The van der Waals surface area contributed by atoms with E-state index in [1.54, 1.807) is 42.5 Å². The van der Waals surface area contributed by atoms with E-state index in [0.717, 1.165) is 0 Å². The molecule has 8 nitrogen and oxygen atoms in total. The number of benzene rings is 2. The predicted molar refractivity (Wildman–Crippen MR) is 121 cm³/mol. The van der Waals surface area contributed by atoms with Gasteiger partial charge in [0.25, 0.3) is 5.91 Å². The molecule has 3 atom stereocenters. The van der Waals surface area contributed by atoms with E-state index >= 15 is 0 Å². The zero-order valence-corrected chi connectivity index (χ0v) is 19.0. The van der Waals surface area contributed by atoms with Gasteiger partial charge < -0.3 is 30.0 Å². The van der Waals surface area contributed by atoms with Gasteiger partial charge in [0.2, 0.25) is 11.7 Å². The maximum absolute atomic E-state index is 12.8.